The second-order valence-electron chi connectivity index (χ2n) is 8.50. The number of nitrogens with zero attached hydrogens (tertiary/aromatic N) is 3. The summed E-state index contributed by atoms with van der Waals surface area (Å²) in [7, 11) is 0. The van der Waals surface area contributed by atoms with E-state index in [0.717, 1.165) is 58.6 Å². The molecule has 0 spiro atoms. The second kappa shape index (κ2) is 7.17. The Labute approximate surface area is 179 Å². The van der Waals surface area contributed by atoms with Gasteiger partial charge in [-0.3, -0.25) is 9.78 Å². The van der Waals surface area contributed by atoms with Crippen LogP contribution in [0.3, 0.4) is 0 Å². The number of carbonyl (C=O) groups is 1. The second-order valence-corrected chi connectivity index (χ2v) is 9.56. The molecule has 1 amide bonds. The fourth-order valence-corrected chi connectivity index (χ4v) is 5.65. The van der Waals surface area contributed by atoms with Crippen LogP contribution in [0.15, 0.2) is 54.6 Å². The molecule has 4 aromatic rings. The van der Waals surface area contributed by atoms with Crippen LogP contribution in [-0.2, 0) is 0 Å². The van der Waals surface area contributed by atoms with Crippen molar-refractivity contribution in [3.63, 3.8) is 0 Å². The maximum absolute atomic E-state index is 13.6. The number of hydrogen-bond acceptors (Lipinski definition) is 4. The Hall–Kier alpha value is -2.79. The maximum atomic E-state index is 13.6. The van der Waals surface area contributed by atoms with Crippen molar-refractivity contribution in [2.24, 2.45) is 0 Å². The van der Waals surface area contributed by atoms with E-state index in [9.17, 15) is 4.79 Å². The molecule has 0 bridgehead atoms. The van der Waals surface area contributed by atoms with Crippen molar-refractivity contribution >= 4 is 38.4 Å². The summed E-state index contributed by atoms with van der Waals surface area (Å²) in [6, 6.07) is 18.4. The summed E-state index contributed by atoms with van der Waals surface area (Å²) in [6.45, 7) is 1.56. The van der Waals surface area contributed by atoms with Crippen molar-refractivity contribution in [2.75, 3.05) is 13.1 Å². The molecule has 2 fully saturated rings. The first-order valence-corrected chi connectivity index (χ1v) is 11.6. The highest BCUT2D eigenvalue weighted by molar-refractivity contribution is 7.18. The van der Waals surface area contributed by atoms with Crippen LogP contribution in [0.4, 0.5) is 0 Å². The predicted octanol–water partition coefficient (Wildman–Crippen LogP) is 5.74. The van der Waals surface area contributed by atoms with E-state index in [1.54, 1.807) is 11.3 Å². The Balaban J connectivity index is 1.33. The molecule has 0 unspecified atom stereocenters. The molecule has 150 valence electrons. The number of likely N-dealkylation sites (tertiary alicyclic amines) is 1. The van der Waals surface area contributed by atoms with Crippen LogP contribution in [0.25, 0.3) is 21.1 Å². The summed E-state index contributed by atoms with van der Waals surface area (Å²) < 4.78 is 1.23. The molecular weight excluding hydrogens is 390 g/mol. The lowest BCUT2D eigenvalue weighted by Gasteiger charge is -2.32. The van der Waals surface area contributed by atoms with Crippen molar-refractivity contribution in [2.45, 2.75) is 37.5 Å². The Bertz CT molecular complexity index is 1230. The molecule has 1 saturated heterocycles. The summed E-state index contributed by atoms with van der Waals surface area (Å²) in [5, 5.41) is 2.13. The summed E-state index contributed by atoms with van der Waals surface area (Å²) in [6.07, 6.45) is 4.48. The molecule has 2 aromatic carbocycles. The van der Waals surface area contributed by atoms with Gasteiger partial charge in [-0.15, -0.1) is 11.3 Å². The van der Waals surface area contributed by atoms with Crippen LogP contribution in [0.2, 0.25) is 0 Å². The molecule has 1 atom stereocenters. The summed E-state index contributed by atoms with van der Waals surface area (Å²) in [5.41, 5.74) is 3.89. The lowest BCUT2D eigenvalue weighted by atomic mass is 9.97. The van der Waals surface area contributed by atoms with Crippen LogP contribution in [0.5, 0.6) is 0 Å². The lowest BCUT2D eigenvalue weighted by molar-refractivity contribution is 0.0709. The Kier molecular flexibility index (Phi) is 4.30. The van der Waals surface area contributed by atoms with E-state index < -0.39 is 0 Å². The maximum Gasteiger partial charge on any atom is 0.254 e. The zero-order valence-electron chi connectivity index (χ0n) is 16.8. The smallest absolute Gasteiger partial charge is 0.254 e. The van der Waals surface area contributed by atoms with E-state index in [4.69, 9.17) is 9.97 Å². The first-order valence-electron chi connectivity index (χ1n) is 10.8. The van der Waals surface area contributed by atoms with Crippen LogP contribution < -0.4 is 0 Å². The predicted molar refractivity (Wildman–Crippen MR) is 121 cm³/mol. The number of piperidine rings is 1. The van der Waals surface area contributed by atoms with Gasteiger partial charge in [-0.2, -0.15) is 0 Å². The Morgan fingerprint density at radius 3 is 2.57 bits per heavy atom. The lowest BCUT2D eigenvalue weighted by Crippen LogP contribution is -2.39. The molecule has 1 aliphatic carbocycles. The molecule has 3 heterocycles. The van der Waals surface area contributed by atoms with Gasteiger partial charge in [0.25, 0.3) is 5.91 Å². The largest absolute Gasteiger partial charge is 0.338 e. The summed E-state index contributed by atoms with van der Waals surface area (Å²) in [4.78, 5) is 25.4. The van der Waals surface area contributed by atoms with E-state index in [2.05, 4.69) is 24.3 Å². The van der Waals surface area contributed by atoms with E-state index in [1.807, 2.05) is 35.2 Å². The number of rotatable bonds is 3. The van der Waals surface area contributed by atoms with Crippen molar-refractivity contribution in [3.05, 3.63) is 70.9 Å². The van der Waals surface area contributed by atoms with Gasteiger partial charge in [0.2, 0.25) is 0 Å². The van der Waals surface area contributed by atoms with Crippen LogP contribution in [0, 0.1) is 0 Å². The van der Waals surface area contributed by atoms with Gasteiger partial charge in [0.05, 0.1) is 26.3 Å². The molecule has 1 aliphatic heterocycles. The van der Waals surface area contributed by atoms with Gasteiger partial charge >= 0.3 is 0 Å². The molecule has 4 nitrogen and oxygen atoms in total. The van der Waals surface area contributed by atoms with Crippen molar-refractivity contribution in [1.29, 1.82) is 0 Å². The zero-order chi connectivity index (χ0) is 20.1. The molecule has 2 aromatic heterocycles. The van der Waals surface area contributed by atoms with Crippen LogP contribution >= 0.6 is 11.3 Å². The van der Waals surface area contributed by atoms with Gasteiger partial charge < -0.3 is 4.90 Å². The third-order valence-electron chi connectivity index (χ3n) is 6.33. The van der Waals surface area contributed by atoms with E-state index in [0.29, 0.717) is 11.8 Å². The SMILES string of the molecule is O=C(c1cc(C2CC2)nc2ccccc12)N1CCC[C@@H](c2nc3ccccc3s2)C1. The van der Waals surface area contributed by atoms with Crippen molar-refractivity contribution in [1.82, 2.24) is 14.9 Å². The highest BCUT2D eigenvalue weighted by Gasteiger charge is 2.31. The zero-order valence-corrected chi connectivity index (χ0v) is 17.6. The molecule has 0 N–H and O–H groups in total. The first-order chi connectivity index (χ1) is 14.8. The molecule has 6 rings (SSSR count). The van der Waals surface area contributed by atoms with Crippen molar-refractivity contribution < 1.29 is 4.79 Å². The van der Waals surface area contributed by atoms with Gasteiger partial charge in [-0.05, 0) is 49.9 Å². The topological polar surface area (TPSA) is 46.1 Å². The quantitative estimate of drug-likeness (QED) is 0.430. The number of para-hydroxylation sites is 2. The number of carbonyl (C=O) groups excluding carboxylic acids is 1. The molecular formula is C25H23N3OS. The number of pyridine rings is 1. The third kappa shape index (κ3) is 3.18. The van der Waals surface area contributed by atoms with Gasteiger partial charge in [-0.25, -0.2) is 4.98 Å². The number of hydrogen-bond donors (Lipinski definition) is 0. The molecule has 2 aliphatic rings. The van der Waals surface area contributed by atoms with Crippen LogP contribution in [-0.4, -0.2) is 33.9 Å². The van der Waals surface area contributed by atoms with E-state index >= 15 is 0 Å². The fraction of sp³-hybridized carbons (Fsp3) is 0.320. The Morgan fingerprint density at radius 2 is 1.73 bits per heavy atom. The van der Waals surface area contributed by atoms with Gasteiger partial charge in [0.15, 0.2) is 0 Å². The first kappa shape index (κ1) is 18.0. The van der Waals surface area contributed by atoms with Gasteiger partial charge in [0.1, 0.15) is 0 Å². The number of amides is 1. The van der Waals surface area contributed by atoms with Crippen LogP contribution in [0.1, 0.15) is 58.6 Å². The average Bonchev–Trinajstić information content (AvgIpc) is 3.56. The Morgan fingerprint density at radius 1 is 0.933 bits per heavy atom. The monoisotopic (exact) mass is 413 g/mol. The molecule has 5 heteroatoms. The average molecular weight is 414 g/mol. The number of benzene rings is 2. The minimum Gasteiger partial charge on any atom is -0.338 e. The van der Waals surface area contributed by atoms with Crippen molar-refractivity contribution in [3.8, 4) is 0 Å². The normalized spacial score (nSPS) is 19.5. The standard InChI is InChI=1S/C25H23N3OS/c29-25(19-14-22(16-11-12-16)26-20-8-2-1-7-18(19)20)28-13-5-6-17(15-28)24-27-21-9-3-4-10-23(21)30-24/h1-4,7-10,14,16-17H,5-6,11-13,15H2/t17-/m1/s1. The van der Waals surface area contributed by atoms with E-state index in [-0.39, 0.29) is 5.91 Å². The minimum absolute atomic E-state index is 0.140. The molecule has 30 heavy (non-hydrogen) atoms. The van der Waals surface area contributed by atoms with Gasteiger partial charge in [0, 0.05) is 36.0 Å². The summed E-state index contributed by atoms with van der Waals surface area (Å²) >= 11 is 1.77. The third-order valence-corrected chi connectivity index (χ3v) is 7.53. The van der Waals surface area contributed by atoms with E-state index in [1.165, 1.54) is 17.5 Å². The molecule has 0 radical (unpaired) electrons. The molecule has 1 saturated carbocycles. The fourth-order valence-electron chi connectivity index (χ4n) is 4.56. The van der Waals surface area contributed by atoms with Gasteiger partial charge in [-0.1, -0.05) is 30.3 Å². The highest BCUT2D eigenvalue weighted by atomic mass is 32.1. The number of aromatic nitrogens is 2. The minimum atomic E-state index is 0.140. The number of thiazole rings is 1. The number of fused-ring (bicyclic) bond motifs is 2. The summed E-state index contributed by atoms with van der Waals surface area (Å²) in [5.74, 6) is 0.982. The highest BCUT2D eigenvalue weighted by Crippen LogP contribution is 2.40.